The molecule has 2 nitrogen and oxygen atoms in total. The average molecular weight is 206 g/mol. The summed E-state index contributed by atoms with van der Waals surface area (Å²) >= 11 is 0. The number of benzene rings is 1. The van der Waals surface area contributed by atoms with Crippen molar-refractivity contribution in [2.45, 2.75) is 0 Å². The van der Waals surface area contributed by atoms with Gasteiger partial charge in [-0.05, 0) is 23.8 Å². The van der Waals surface area contributed by atoms with Crippen LogP contribution in [0.4, 0.5) is 0 Å². The van der Waals surface area contributed by atoms with Crippen LogP contribution in [0.3, 0.4) is 0 Å². The van der Waals surface area contributed by atoms with Crippen molar-refractivity contribution in [1.82, 2.24) is 4.98 Å². The predicted octanol–water partition coefficient (Wildman–Crippen LogP) is 3.12. The van der Waals surface area contributed by atoms with E-state index in [1.807, 2.05) is 42.5 Å². The zero-order valence-corrected chi connectivity index (χ0v) is 8.67. The van der Waals surface area contributed by atoms with E-state index in [9.17, 15) is 0 Å². The number of hydrogen-bond donors (Lipinski definition) is 0. The van der Waals surface area contributed by atoms with Crippen molar-refractivity contribution < 1.29 is 0 Å². The Morgan fingerprint density at radius 2 is 1.88 bits per heavy atom. The number of nitrogens with zero attached hydrogens (tertiary/aromatic N) is 2. The van der Waals surface area contributed by atoms with Crippen LogP contribution >= 0.6 is 0 Å². The molecular formula is C14H10N2. The van der Waals surface area contributed by atoms with E-state index in [-0.39, 0.29) is 0 Å². The third-order valence-electron chi connectivity index (χ3n) is 2.16. The van der Waals surface area contributed by atoms with Gasteiger partial charge < -0.3 is 0 Å². The molecule has 0 aliphatic heterocycles. The summed E-state index contributed by atoms with van der Waals surface area (Å²) in [7, 11) is 0. The summed E-state index contributed by atoms with van der Waals surface area (Å²) < 4.78 is 0. The minimum absolute atomic E-state index is 0.628. The summed E-state index contributed by atoms with van der Waals surface area (Å²) in [4.78, 5) is 4.16. The van der Waals surface area contributed by atoms with Crippen LogP contribution in [0.5, 0.6) is 0 Å². The van der Waals surface area contributed by atoms with Crippen LogP contribution in [0.25, 0.3) is 12.2 Å². The molecule has 1 aromatic heterocycles. The lowest BCUT2D eigenvalue weighted by Gasteiger charge is -1.94. The Hall–Kier alpha value is -2.40. The second-order valence-electron chi connectivity index (χ2n) is 3.33. The Morgan fingerprint density at radius 1 is 1.06 bits per heavy atom. The van der Waals surface area contributed by atoms with Crippen LogP contribution in [0, 0.1) is 11.3 Å². The van der Waals surface area contributed by atoms with Gasteiger partial charge in [-0.3, -0.25) is 4.98 Å². The predicted molar refractivity (Wildman–Crippen MR) is 64.3 cm³/mol. The Kier molecular flexibility index (Phi) is 3.10. The minimum Gasteiger partial charge on any atom is -0.257 e. The molecule has 0 fully saturated rings. The molecule has 0 bridgehead atoms. The van der Waals surface area contributed by atoms with E-state index < -0.39 is 0 Å². The van der Waals surface area contributed by atoms with Crippen LogP contribution in [-0.4, -0.2) is 4.98 Å². The molecule has 0 amide bonds. The molecule has 16 heavy (non-hydrogen) atoms. The minimum atomic E-state index is 0.628. The topological polar surface area (TPSA) is 36.7 Å². The molecule has 2 heteroatoms. The van der Waals surface area contributed by atoms with Crippen LogP contribution in [-0.2, 0) is 0 Å². The lowest BCUT2D eigenvalue weighted by atomic mass is 10.2. The maximum atomic E-state index is 8.75. The van der Waals surface area contributed by atoms with E-state index in [0.717, 1.165) is 11.3 Å². The highest BCUT2D eigenvalue weighted by atomic mass is 14.7. The van der Waals surface area contributed by atoms with Crippen LogP contribution in [0.1, 0.15) is 16.8 Å². The molecule has 0 aliphatic carbocycles. The van der Waals surface area contributed by atoms with Gasteiger partial charge in [-0.15, -0.1) is 0 Å². The first kappa shape index (κ1) is 10.1. The van der Waals surface area contributed by atoms with E-state index >= 15 is 0 Å². The van der Waals surface area contributed by atoms with Crippen molar-refractivity contribution in [2.24, 2.45) is 0 Å². The van der Waals surface area contributed by atoms with E-state index in [4.69, 9.17) is 5.26 Å². The van der Waals surface area contributed by atoms with Crippen LogP contribution < -0.4 is 0 Å². The molecule has 0 unspecified atom stereocenters. The van der Waals surface area contributed by atoms with E-state index in [1.165, 1.54) is 0 Å². The molecule has 0 saturated heterocycles. The fourth-order valence-electron chi connectivity index (χ4n) is 1.35. The molecular weight excluding hydrogens is 196 g/mol. The number of hydrogen-bond acceptors (Lipinski definition) is 2. The van der Waals surface area contributed by atoms with E-state index in [1.54, 1.807) is 18.3 Å². The number of pyridine rings is 1. The Bertz CT molecular complexity index is 536. The maximum absolute atomic E-state index is 8.75. The molecule has 0 N–H and O–H groups in total. The molecule has 1 aromatic carbocycles. The van der Waals surface area contributed by atoms with Crippen molar-refractivity contribution in [3.63, 3.8) is 0 Å². The third-order valence-corrected chi connectivity index (χ3v) is 2.16. The third kappa shape index (κ3) is 2.55. The first-order chi connectivity index (χ1) is 7.88. The summed E-state index contributed by atoms with van der Waals surface area (Å²) in [5.74, 6) is 0. The van der Waals surface area contributed by atoms with Gasteiger partial charge in [0.1, 0.15) is 0 Å². The first-order valence-electron chi connectivity index (χ1n) is 4.98. The lowest BCUT2D eigenvalue weighted by Crippen LogP contribution is -1.81. The number of aromatic nitrogens is 1. The van der Waals surface area contributed by atoms with Crippen molar-refractivity contribution in [3.05, 3.63) is 65.5 Å². The largest absolute Gasteiger partial charge is 0.257 e. The SMILES string of the molecule is N#Cc1ccnc(C=Cc2ccccc2)c1. The van der Waals surface area contributed by atoms with Crippen molar-refractivity contribution >= 4 is 12.2 Å². The van der Waals surface area contributed by atoms with Gasteiger partial charge in [0.05, 0.1) is 17.3 Å². The van der Waals surface area contributed by atoms with Crippen molar-refractivity contribution in [3.8, 4) is 6.07 Å². The molecule has 1 heterocycles. The van der Waals surface area contributed by atoms with Gasteiger partial charge in [-0.25, -0.2) is 0 Å². The normalized spacial score (nSPS) is 10.2. The fourth-order valence-corrected chi connectivity index (χ4v) is 1.35. The molecule has 2 rings (SSSR count). The summed E-state index contributed by atoms with van der Waals surface area (Å²) in [5, 5.41) is 8.75. The first-order valence-corrected chi connectivity index (χ1v) is 4.98. The number of nitriles is 1. The highest BCUT2D eigenvalue weighted by Crippen LogP contribution is 2.07. The monoisotopic (exact) mass is 206 g/mol. The smallest absolute Gasteiger partial charge is 0.0992 e. The quantitative estimate of drug-likeness (QED) is 0.756. The van der Waals surface area contributed by atoms with Gasteiger partial charge in [-0.1, -0.05) is 36.4 Å². The van der Waals surface area contributed by atoms with Gasteiger partial charge in [0.15, 0.2) is 0 Å². The Labute approximate surface area is 94.5 Å². The Morgan fingerprint density at radius 3 is 2.62 bits per heavy atom. The average Bonchev–Trinajstić information content (AvgIpc) is 2.38. The van der Waals surface area contributed by atoms with E-state index in [0.29, 0.717) is 5.56 Å². The van der Waals surface area contributed by atoms with Gasteiger partial charge in [0.25, 0.3) is 0 Å². The maximum Gasteiger partial charge on any atom is 0.0992 e. The molecule has 0 aliphatic rings. The summed E-state index contributed by atoms with van der Waals surface area (Å²) in [5.41, 5.74) is 2.54. The molecule has 0 saturated carbocycles. The highest BCUT2D eigenvalue weighted by Gasteiger charge is 1.92. The highest BCUT2D eigenvalue weighted by molar-refractivity contribution is 5.68. The standard InChI is InChI=1S/C14H10N2/c15-11-13-8-9-16-14(10-13)7-6-12-4-2-1-3-5-12/h1-10H. The number of rotatable bonds is 2. The van der Waals surface area contributed by atoms with Crippen LogP contribution in [0.2, 0.25) is 0 Å². The lowest BCUT2D eigenvalue weighted by molar-refractivity contribution is 1.28. The van der Waals surface area contributed by atoms with Crippen LogP contribution in [0.15, 0.2) is 48.7 Å². The van der Waals surface area contributed by atoms with Crippen molar-refractivity contribution in [1.29, 1.82) is 5.26 Å². The second kappa shape index (κ2) is 4.90. The van der Waals surface area contributed by atoms with Gasteiger partial charge in [0, 0.05) is 6.20 Å². The van der Waals surface area contributed by atoms with Gasteiger partial charge in [0.2, 0.25) is 0 Å². The van der Waals surface area contributed by atoms with Gasteiger partial charge >= 0.3 is 0 Å². The molecule has 0 spiro atoms. The molecule has 0 radical (unpaired) electrons. The summed E-state index contributed by atoms with van der Waals surface area (Å²) in [6.07, 6.45) is 5.52. The Balaban J connectivity index is 2.21. The second-order valence-corrected chi connectivity index (χ2v) is 3.33. The van der Waals surface area contributed by atoms with E-state index in [2.05, 4.69) is 11.1 Å². The zero-order valence-electron chi connectivity index (χ0n) is 8.67. The fraction of sp³-hybridized carbons (Fsp3) is 0. The molecule has 76 valence electrons. The molecule has 2 aromatic rings. The zero-order chi connectivity index (χ0) is 11.2. The van der Waals surface area contributed by atoms with Crippen molar-refractivity contribution in [2.75, 3.05) is 0 Å². The summed E-state index contributed by atoms with van der Waals surface area (Å²) in [6, 6.07) is 15.5. The molecule has 0 atom stereocenters. The van der Waals surface area contributed by atoms with Gasteiger partial charge in [-0.2, -0.15) is 5.26 Å². The summed E-state index contributed by atoms with van der Waals surface area (Å²) in [6.45, 7) is 0.